The highest BCUT2D eigenvalue weighted by Gasteiger charge is 2.27. The summed E-state index contributed by atoms with van der Waals surface area (Å²) in [6.45, 7) is 0.347. The number of anilines is 2. The highest BCUT2D eigenvalue weighted by molar-refractivity contribution is 6.31. The minimum atomic E-state index is -0.856. The molecule has 0 bridgehead atoms. The second-order valence-corrected chi connectivity index (χ2v) is 7.43. The number of methoxy groups -OCH3 is 1. The highest BCUT2D eigenvalue weighted by Crippen LogP contribution is 2.23. The molecule has 8 nitrogen and oxygen atoms in total. The number of benzene rings is 2. The van der Waals surface area contributed by atoms with Gasteiger partial charge in [-0.3, -0.25) is 19.1 Å². The molecular weight excluding hydrogens is 439 g/mol. The molecule has 1 aromatic heterocycles. The number of nitrogens with one attached hydrogen (secondary N) is 1. The van der Waals surface area contributed by atoms with Gasteiger partial charge in [0.15, 0.2) is 5.69 Å². The molecule has 1 amide bonds. The predicted octanol–water partition coefficient (Wildman–Crippen LogP) is 2.64. The zero-order valence-electron chi connectivity index (χ0n) is 17.3. The van der Waals surface area contributed by atoms with Gasteiger partial charge in [0.2, 0.25) is 0 Å². The number of carbonyl (C=O) groups excluding carboxylic acids is 1. The topological polar surface area (TPSA) is 110 Å². The first-order valence-electron chi connectivity index (χ1n) is 9.76. The van der Waals surface area contributed by atoms with Gasteiger partial charge in [0.25, 0.3) is 11.5 Å². The van der Waals surface area contributed by atoms with Crippen molar-refractivity contribution in [2.75, 3.05) is 30.9 Å². The van der Waals surface area contributed by atoms with E-state index in [-0.39, 0.29) is 41.8 Å². The van der Waals surface area contributed by atoms with Crippen molar-refractivity contribution in [1.29, 1.82) is 0 Å². The molecule has 3 aromatic rings. The number of nitrogens with zero attached hydrogens (tertiary/aromatic N) is 2. The van der Waals surface area contributed by atoms with Crippen molar-refractivity contribution in [3.8, 4) is 0 Å². The number of aromatic amines is 1. The van der Waals surface area contributed by atoms with Crippen molar-refractivity contribution < 1.29 is 13.9 Å². The Morgan fingerprint density at radius 3 is 2.62 bits per heavy atom. The number of aromatic nitrogens is 2. The van der Waals surface area contributed by atoms with Crippen molar-refractivity contribution in [2.45, 2.75) is 13.0 Å². The molecule has 0 saturated heterocycles. The fourth-order valence-corrected chi connectivity index (χ4v) is 3.42. The summed E-state index contributed by atoms with van der Waals surface area (Å²) in [5.41, 5.74) is 4.83. The number of hydrogen-bond acceptors (Lipinski definition) is 5. The van der Waals surface area contributed by atoms with E-state index in [1.54, 1.807) is 24.3 Å². The summed E-state index contributed by atoms with van der Waals surface area (Å²) in [5.74, 6) is -1.83. The van der Waals surface area contributed by atoms with Crippen LogP contribution in [0.3, 0.4) is 0 Å². The second kappa shape index (κ2) is 10.3. The quantitative estimate of drug-likeness (QED) is 0.502. The van der Waals surface area contributed by atoms with Crippen LogP contribution in [0.4, 0.5) is 15.9 Å². The van der Waals surface area contributed by atoms with Crippen LogP contribution in [0.15, 0.2) is 58.1 Å². The first-order valence-corrected chi connectivity index (χ1v) is 10.1. The lowest BCUT2D eigenvalue weighted by Gasteiger charge is -2.25. The molecular formula is C22H22ClFN4O4. The maximum absolute atomic E-state index is 14.4. The minimum absolute atomic E-state index is 0.00452. The second-order valence-electron chi connectivity index (χ2n) is 6.99. The summed E-state index contributed by atoms with van der Waals surface area (Å²) < 4.78 is 20.6. The van der Waals surface area contributed by atoms with E-state index in [0.29, 0.717) is 6.42 Å². The van der Waals surface area contributed by atoms with Crippen LogP contribution in [0.1, 0.15) is 22.3 Å². The summed E-state index contributed by atoms with van der Waals surface area (Å²) in [6.07, 6.45) is 0.334. The van der Waals surface area contributed by atoms with Crippen LogP contribution < -0.4 is 21.9 Å². The summed E-state index contributed by atoms with van der Waals surface area (Å²) >= 11 is 5.94. The van der Waals surface area contributed by atoms with Gasteiger partial charge in [-0.2, -0.15) is 0 Å². The lowest BCUT2D eigenvalue weighted by Crippen LogP contribution is -2.42. The van der Waals surface area contributed by atoms with Crippen LogP contribution >= 0.6 is 11.6 Å². The summed E-state index contributed by atoms with van der Waals surface area (Å²) in [7, 11) is 1.49. The van der Waals surface area contributed by atoms with E-state index in [1.165, 1.54) is 19.2 Å². The Bertz CT molecular complexity index is 1230. The lowest BCUT2D eigenvalue weighted by atomic mass is 10.1. The highest BCUT2D eigenvalue weighted by atomic mass is 35.5. The predicted molar refractivity (Wildman–Crippen MR) is 121 cm³/mol. The van der Waals surface area contributed by atoms with Crippen LogP contribution in [-0.4, -0.2) is 35.7 Å². The standard InChI is InChI=1S/C22H22ClFN4O4/c1-32-11-5-10-27(21(30)16-12-15(23)8-9-17(16)24)18-19(25)28(22(31)26-20(18)29)13-14-6-3-2-4-7-14/h2-4,6-9,12H,5,10-11,13,25H2,1H3,(H,26,29,31). The summed E-state index contributed by atoms with van der Waals surface area (Å²) in [5, 5.41) is 0.155. The van der Waals surface area contributed by atoms with Gasteiger partial charge in [-0.1, -0.05) is 41.9 Å². The molecule has 0 aliphatic carbocycles. The zero-order valence-corrected chi connectivity index (χ0v) is 18.1. The van der Waals surface area contributed by atoms with E-state index in [9.17, 15) is 18.8 Å². The van der Waals surface area contributed by atoms with Gasteiger partial charge in [-0.25, -0.2) is 9.18 Å². The third kappa shape index (κ3) is 5.06. The molecule has 3 rings (SSSR count). The van der Waals surface area contributed by atoms with Gasteiger partial charge in [-0.05, 0) is 30.2 Å². The molecule has 2 aromatic carbocycles. The Balaban J connectivity index is 2.12. The van der Waals surface area contributed by atoms with Gasteiger partial charge >= 0.3 is 5.69 Å². The Kier molecular flexibility index (Phi) is 7.45. The normalized spacial score (nSPS) is 10.8. The van der Waals surface area contributed by atoms with Crippen LogP contribution in [0, 0.1) is 5.82 Å². The summed E-state index contributed by atoms with van der Waals surface area (Å²) in [4.78, 5) is 41.7. The number of carbonyl (C=O) groups is 1. The van der Waals surface area contributed by atoms with E-state index in [1.807, 2.05) is 6.07 Å². The average molecular weight is 461 g/mol. The molecule has 0 saturated carbocycles. The van der Waals surface area contributed by atoms with Crippen LogP contribution in [0.25, 0.3) is 0 Å². The Labute approximate surface area is 188 Å². The van der Waals surface area contributed by atoms with Gasteiger partial charge < -0.3 is 15.4 Å². The number of hydrogen-bond donors (Lipinski definition) is 2. The Morgan fingerprint density at radius 2 is 1.94 bits per heavy atom. The maximum atomic E-state index is 14.4. The van der Waals surface area contributed by atoms with Crippen molar-refractivity contribution in [3.63, 3.8) is 0 Å². The SMILES string of the molecule is COCCCN(C(=O)c1cc(Cl)ccc1F)c1c(N)n(Cc2ccccc2)c(=O)[nH]c1=O. The molecule has 10 heteroatoms. The summed E-state index contributed by atoms with van der Waals surface area (Å²) in [6, 6.07) is 12.5. The molecule has 32 heavy (non-hydrogen) atoms. The number of rotatable bonds is 8. The molecule has 3 N–H and O–H groups in total. The van der Waals surface area contributed by atoms with Crippen LogP contribution in [0.5, 0.6) is 0 Å². The molecule has 0 spiro atoms. The van der Waals surface area contributed by atoms with E-state index < -0.39 is 23.0 Å². The van der Waals surface area contributed by atoms with E-state index in [2.05, 4.69) is 4.98 Å². The molecule has 0 unspecified atom stereocenters. The van der Waals surface area contributed by atoms with Gasteiger partial charge in [-0.15, -0.1) is 0 Å². The molecule has 0 aliphatic heterocycles. The van der Waals surface area contributed by atoms with Crippen LogP contribution in [-0.2, 0) is 11.3 Å². The smallest absolute Gasteiger partial charge is 0.330 e. The first-order chi connectivity index (χ1) is 15.3. The number of ether oxygens (including phenoxy) is 1. The monoisotopic (exact) mass is 460 g/mol. The number of nitrogen functional groups attached to an aromatic ring is 1. The van der Waals surface area contributed by atoms with Crippen LogP contribution in [0.2, 0.25) is 5.02 Å². The average Bonchev–Trinajstić information content (AvgIpc) is 2.77. The third-order valence-corrected chi connectivity index (χ3v) is 5.04. The molecule has 0 fully saturated rings. The zero-order chi connectivity index (χ0) is 23.3. The molecule has 1 heterocycles. The number of amides is 1. The fourth-order valence-electron chi connectivity index (χ4n) is 3.25. The van der Waals surface area contributed by atoms with Crippen molar-refractivity contribution in [2.24, 2.45) is 0 Å². The van der Waals surface area contributed by atoms with E-state index in [0.717, 1.165) is 21.1 Å². The van der Waals surface area contributed by atoms with Gasteiger partial charge in [0.05, 0.1) is 12.1 Å². The first kappa shape index (κ1) is 23.2. The molecule has 0 radical (unpaired) electrons. The van der Waals surface area contributed by atoms with Gasteiger partial charge in [0, 0.05) is 25.3 Å². The number of H-pyrrole nitrogens is 1. The maximum Gasteiger partial charge on any atom is 0.330 e. The van der Waals surface area contributed by atoms with E-state index in [4.69, 9.17) is 22.1 Å². The van der Waals surface area contributed by atoms with Crippen molar-refractivity contribution in [1.82, 2.24) is 9.55 Å². The minimum Gasteiger partial charge on any atom is -0.385 e. The third-order valence-electron chi connectivity index (χ3n) is 4.80. The Hall–Kier alpha value is -3.43. The molecule has 0 aliphatic rings. The van der Waals surface area contributed by atoms with Crippen molar-refractivity contribution in [3.05, 3.63) is 91.3 Å². The lowest BCUT2D eigenvalue weighted by molar-refractivity contribution is 0.0979. The van der Waals surface area contributed by atoms with Gasteiger partial charge in [0.1, 0.15) is 11.6 Å². The molecule has 168 valence electrons. The fraction of sp³-hybridized carbons (Fsp3) is 0.227. The number of halogens is 2. The largest absolute Gasteiger partial charge is 0.385 e. The Morgan fingerprint density at radius 1 is 1.22 bits per heavy atom. The molecule has 0 atom stereocenters. The van der Waals surface area contributed by atoms with Crippen molar-refractivity contribution >= 4 is 29.0 Å². The number of nitrogens with two attached hydrogens (primary N) is 1. The van der Waals surface area contributed by atoms with E-state index >= 15 is 0 Å².